The van der Waals surface area contributed by atoms with Gasteiger partial charge in [-0.15, -0.1) is 11.3 Å². The Hall–Kier alpha value is -1.38. The number of ether oxygens (including phenoxy) is 1. The third kappa shape index (κ3) is 3.61. The molecule has 0 atom stereocenters. The monoisotopic (exact) mass is 379 g/mol. The fourth-order valence-corrected chi connectivity index (χ4v) is 5.49. The molecular formula is C17H21N3O3S2. The average Bonchev–Trinajstić information content (AvgIpc) is 3.20. The molecule has 0 radical (unpaired) electrons. The molecule has 6 nitrogen and oxygen atoms in total. The van der Waals surface area contributed by atoms with Gasteiger partial charge in [-0.3, -0.25) is 9.59 Å². The SMILES string of the molecule is O=C(CCSCc1nc2sc3c(c2c(=O)[nH]1)CCC3)N1CCOCC1. The van der Waals surface area contributed by atoms with Gasteiger partial charge in [0.25, 0.3) is 5.56 Å². The van der Waals surface area contributed by atoms with Gasteiger partial charge in [-0.1, -0.05) is 0 Å². The number of fused-ring (bicyclic) bond motifs is 3. The normalized spacial score (nSPS) is 17.2. The number of aryl methyl sites for hydroxylation is 2. The predicted molar refractivity (Wildman–Crippen MR) is 100 cm³/mol. The van der Waals surface area contributed by atoms with E-state index < -0.39 is 0 Å². The van der Waals surface area contributed by atoms with Crippen LogP contribution in [0.5, 0.6) is 0 Å². The number of thiophene rings is 1. The van der Waals surface area contributed by atoms with Crippen molar-refractivity contribution in [3.63, 3.8) is 0 Å². The Morgan fingerprint density at radius 3 is 3.00 bits per heavy atom. The lowest BCUT2D eigenvalue weighted by Gasteiger charge is -2.26. The summed E-state index contributed by atoms with van der Waals surface area (Å²) >= 11 is 3.30. The van der Waals surface area contributed by atoms with Crippen molar-refractivity contribution in [1.29, 1.82) is 0 Å². The first-order chi connectivity index (χ1) is 12.2. The molecule has 1 amide bonds. The molecule has 1 aliphatic heterocycles. The average molecular weight is 380 g/mol. The number of amides is 1. The first-order valence-electron chi connectivity index (χ1n) is 8.69. The molecule has 1 saturated heterocycles. The van der Waals surface area contributed by atoms with Gasteiger partial charge in [-0.25, -0.2) is 4.98 Å². The first kappa shape index (κ1) is 17.1. The molecule has 0 spiro atoms. The van der Waals surface area contributed by atoms with Crippen molar-refractivity contribution in [3.8, 4) is 0 Å². The lowest BCUT2D eigenvalue weighted by molar-refractivity contribution is -0.134. The van der Waals surface area contributed by atoms with Crippen LogP contribution in [-0.4, -0.2) is 52.8 Å². The number of H-pyrrole nitrogens is 1. The lowest BCUT2D eigenvalue weighted by Crippen LogP contribution is -2.40. The van der Waals surface area contributed by atoms with Gasteiger partial charge in [-0.2, -0.15) is 11.8 Å². The maximum atomic E-state index is 12.4. The Labute approximate surface area is 154 Å². The van der Waals surface area contributed by atoms with Crippen molar-refractivity contribution >= 4 is 39.2 Å². The number of hydrogen-bond acceptors (Lipinski definition) is 6. The molecule has 2 aromatic heterocycles. The summed E-state index contributed by atoms with van der Waals surface area (Å²) in [4.78, 5) is 36.1. The maximum absolute atomic E-state index is 12.4. The van der Waals surface area contributed by atoms with Crippen molar-refractivity contribution in [2.24, 2.45) is 0 Å². The number of nitrogens with zero attached hydrogens (tertiary/aromatic N) is 2. The third-order valence-corrected chi connectivity index (χ3v) is 6.84. The van der Waals surface area contributed by atoms with Gasteiger partial charge in [0.05, 0.1) is 24.4 Å². The molecular weight excluding hydrogens is 358 g/mol. The van der Waals surface area contributed by atoms with Gasteiger partial charge in [0.2, 0.25) is 5.91 Å². The smallest absolute Gasteiger partial charge is 0.259 e. The quantitative estimate of drug-likeness (QED) is 0.804. The maximum Gasteiger partial charge on any atom is 0.259 e. The zero-order valence-electron chi connectivity index (χ0n) is 14.0. The molecule has 8 heteroatoms. The van der Waals surface area contributed by atoms with Crippen LogP contribution in [0.4, 0.5) is 0 Å². The highest BCUT2D eigenvalue weighted by atomic mass is 32.2. The van der Waals surface area contributed by atoms with Crippen molar-refractivity contribution in [1.82, 2.24) is 14.9 Å². The van der Waals surface area contributed by atoms with E-state index in [-0.39, 0.29) is 11.5 Å². The highest BCUT2D eigenvalue weighted by molar-refractivity contribution is 7.98. The minimum absolute atomic E-state index is 0.00982. The molecule has 1 fully saturated rings. The zero-order chi connectivity index (χ0) is 17.2. The second-order valence-corrected chi connectivity index (χ2v) is 8.53. The number of nitrogens with one attached hydrogen (secondary N) is 1. The fraction of sp³-hybridized carbons (Fsp3) is 0.588. The van der Waals surface area contributed by atoms with E-state index in [2.05, 4.69) is 9.97 Å². The Bertz CT molecular complexity index is 840. The number of aromatic amines is 1. The number of hydrogen-bond donors (Lipinski definition) is 1. The Morgan fingerprint density at radius 2 is 2.16 bits per heavy atom. The summed E-state index contributed by atoms with van der Waals surface area (Å²) in [6.45, 7) is 2.65. The van der Waals surface area contributed by atoms with Crippen LogP contribution < -0.4 is 5.56 Å². The topological polar surface area (TPSA) is 75.3 Å². The van der Waals surface area contributed by atoms with Crippen LogP contribution in [-0.2, 0) is 28.1 Å². The molecule has 3 heterocycles. The van der Waals surface area contributed by atoms with Crippen LogP contribution in [0.25, 0.3) is 10.2 Å². The van der Waals surface area contributed by atoms with E-state index in [1.165, 1.54) is 10.4 Å². The van der Waals surface area contributed by atoms with Crippen molar-refractivity contribution in [3.05, 3.63) is 26.6 Å². The van der Waals surface area contributed by atoms with Crippen molar-refractivity contribution in [2.75, 3.05) is 32.1 Å². The standard InChI is InChI=1S/C17H21N3O3S2/c21-14(20-5-7-23-8-6-20)4-9-24-10-13-18-16(22)15-11-2-1-3-12(11)25-17(15)19-13/h1-10H2,(H,18,19,22). The molecule has 2 aliphatic rings. The van der Waals surface area contributed by atoms with E-state index in [0.29, 0.717) is 44.3 Å². The van der Waals surface area contributed by atoms with E-state index in [4.69, 9.17) is 4.74 Å². The van der Waals surface area contributed by atoms with E-state index in [0.717, 1.165) is 35.2 Å². The number of rotatable bonds is 5. The second kappa shape index (κ2) is 7.47. The molecule has 0 aromatic carbocycles. The first-order valence-corrected chi connectivity index (χ1v) is 10.7. The Kier molecular flexibility index (Phi) is 5.10. The van der Waals surface area contributed by atoms with Crippen molar-refractivity contribution < 1.29 is 9.53 Å². The minimum atomic E-state index is -0.00982. The van der Waals surface area contributed by atoms with Crippen LogP contribution in [0.2, 0.25) is 0 Å². The Morgan fingerprint density at radius 1 is 1.32 bits per heavy atom. The van der Waals surface area contributed by atoms with Gasteiger partial charge < -0.3 is 14.6 Å². The summed E-state index contributed by atoms with van der Waals surface area (Å²) in [7, 11) is 0. The highest BCUT2D eigenvalue weighted by Gasteiger charge is 2.21. The molecule has 25 heavy (non-hydrogen) atoms. The Balaban J connectivity index is 1.34. The molecule has 0 unspecified atom stereocenters. The number of thioether (sulfide) groups is 1. The summed E-state index contributed by atoms with van der Waals surface area (Å²) in [6.07, 6.45) is 3.73. The summed E-state index contributed by atoms with van der Waals surface area (Å²) in [6, 6.07) is 0. The second-order valence-electron chi connectivity index (χ2n) is 6.35. The predicted octanol–water partition coefficient (Wildman–Crippen LogP) is 1.96. The molecule has 1 N–H and O–H groups in total. The van der Waals surface area contributed by atoms with Gasteiger partial charge in [-0.05, 0) is 24.8 Å². The largest absolute Gasteiger partial charge is 0.378 e. The van der Waals surface area contributed by atoms with E-state index >= 15 is 0 Å². The minimum Gasteiger partial charge on any atom is -0.378 e. The van der Waals surface area contributed by atoms with Gasteiger partial charge in [0, 0.05) is 30.1 Å². The number of carbonyl (C=O) groups excluding carboxylic acids is 1. The van der Waals surface area contributed by atoms with E-state index in [1.54, 1.807) is 23.1 Å². The van der Waals surface area contributed by atoms with Crippen LogP contribution in [0.15, 0.2) is 4.79 Å². The summed E-state index contributed by atoms with van der Waals surface area (Å²) in [5, 5.41) is 0.800. The van der Waals surface area contributed by atoms with Crippen LogP contribution in [0.3, 0.4) is 0 Å². The summed E-state index contributed by atoms with van der Waals surface area (Å²) < 4.78 is 5.26. The van der Waals surface area contributed by atoms with Crippen molar-refractivity contribution in [2.45, 2.75) is 31.4 Å². The molecule has 2 aromatic rings. The number of carbonyl (C=O) groups is 1. The number of morpholine rings is 1. The zero-order valence-corrected chi connectivity index (χ0v) is 15.6. The van der Waals surface area contributed by atoms with Gasteiger partial charge in [0.1, 0.15) is 10.7 Å². The summed E-state index contributed by atoms with van der Waals surface area (Å²) in [5.41, 5.74) is 1.20. The van der Waals surface area contributed by atoms with Crippen LogP contribution >= 0.6 is 23.1 Å². The van der Waals surface area contributed by atoms with Crippen LogP contribution in [0, 0.1) is 0 Å². The third-order valence-electron chi connectivity index (χ3n) is 4.69. The number of aromatic nitrogens is 2. The fourth-order valence-electron chi connectivity index (χ4n) is 3.41. The van der Waals surface area contributed by atoms with E-state index in [1.807, 2.05) is 4.90 Å². The lowest BCUT2D eigenvalue weighted by atomic mass is 10.2. The highest BCUT2D eigenvalue weighted by Crippen LogP contribution is 2.34. The molecule has 4 rings (SSSR count). The molecule has 1 aliphatic carbocycles. The molecule has 134 valence electrons. The van der Waals surface area contributed by atoms with E-state index in [9.17, 15) is 9.59 Å². The van der Waals surface area contributed by atoms with Gasteiger partial charge in [0.15, 0.2) is 0 Å². The molecule has 0 saturated carbocycles. The molecule has 0 bridgehead atoms. The van der Waals surface area contributed by atoms with Gasteiger partial charge >= 0.3 is 0 Å². The van der Waals surface area contributed by atoms with Crippen LogP contribution in [0.1, 0.15) is 29.1 Å². The summed E-state index contributed by atoms with van der Waals surface area (Å²) in [5.74, 6) is 2.26.